The van der Waals surface area contributed by atoms with Crippen molar-refractivity contribution in [1.29, 1.82) is 0 Å². The Hall–Kier alpha value is -0.780. The largest absolute Gasteiger partial charge is 0.319 e. The Labute approximate surface area is 121 Å². The highest BCUT2D eigenvalue weighted by Gasteiger charge is 2.30. The number of likely N-dealkylation sites (N-methyl/N-ethyl adjacent to an activating group) is 1. The molecule has 0 saturated carbocycles. The van der Waals surface area contributed by atoms with Crippen molar-refractivity contribution in [3.05, 3.63) is 12.4 Å². The van der Waals surface area contributed by atoms with Crippen molar-refractivity contribution in [3.63, 3.8) is 0 Å². The highest BCUT2D eigenvalue weighted by Crippen LogP contribution is 2.21. The van der Waals surface area contributed by atoms with Gasteiger partial charge in [0.2, 0.25) is 5.91 Å². The standard InChI is InChI=1S/C11H20N4O.2ClH/c1-11(2,3)9(12)10(16)15(5)8-6-13-14(4)7-8;;/h6-7,9H,12H2,1-5H3;2*1H/t9-;;/m1../s1. The fourth-order valence-corrected chi connectivity index (χ4v) is 1.29. The Morgan fingerprint density at radius 3 is 2.28 bits per heavy atom. The Morgan fingerprint density at radius 2 is 1.94 bits per heavy atom. The summed E-state index contributed by atoms with van der Waals surface area (Å²) in [7, 11) is 3.52. The van der Waals surface area contributed by atoms with Gasteiger partial charge in [-0.25, -0.2) is 0 Å². The minimum atomic E-state index is -0.516. The fraction of sp³-hybridized carbons (Fsp3) is 0.636. The molecule has 0 saturated heterocycles. The lowest BCUT2D eigenvalue weighted by Gasteiger charge is -2.29. The van der Waals surface area contributed by atoms with E-state index in [1.165, 1.54) is 0 Å². The number of carbonyl (C=O) groups excluding carboxylic acids is 1. The van der Waals surface area contributed by atoms with Crippen LogP contribution in [0.15, 0.2) is 12.4 Å². The van der Waals surface area contributed by atoms with Crippen LogP contribution in [0.25, 0.3) is 0 Å². The summed E-state index contributed by atoms with van der Waals surface area (Å²) >= 11 is 0. The van der Waals surface area contributed by atoms with Crippen LogP contribution in [0, 0.1) is 5.41 Å². The molecule has 18 heavy (non-hydrogen) atoms. The molecule has 1 aromatic heterocycles. The highest BCUT2D eigenvalue weighted by atomic mass is 35.5. The monoisotopic (exact) mass is 296 g/mol. The van der Waals surface area contributed by atoms with Crippen LogP contribution in [0.1, 0.15) is 20.8 Å². The van der Waals surface area contributed by atoms with Crippen LogP contribution in [-0.2, 0) is 11.8 Å². The van der Waals surface area contributed by atoms with E-state index in [1.54, 1.807) is 29.0 Å². The summed E-state index contributed by atoms with van der Waals surface area (Å²) in [6.45, 7) is 5.85. The number of aryl methyl sites for hydroxylation is 1. The number of nitrogens with two attached hydrogens (primary N) is 1. The lowest BCUT2D eigenvalue weighted by Crippen LogP contribution is -2.49. The van der Waals surface area contributed by atoms with Gasteiger partial charge in [0, 0.05) is 20.3 Å². The number of hydrogen-bond donors (Lipinski definition) is 1. The van der Waals surface area contributed by atoms with Crippen LogP contribution in [-0.4, -0.2) is 28.8 Å². The zero-order valence-electron chi connectivity index (χ0n) is 11.4. The Kier molecular flexibility index (Phi) is 7.57. The maximum absolute atomic E-state index is 12.1. The van der Waals surface area contributed by atoms with Gasteiger partial charge in [0.15, 0.2) is 0 Å². The van der Waals surface area contributed by atoms with Gasteiger partial charge >= 0.3 is 0 Å². The number of hydrogen-bond acceptors (Lipinski definition) is 3. The first-order chi connectivity index (χ1) is 7.23. The number of rotatable bonds is 2. The second kappa shape index (κ2) is 6.97. The molecule has 0 aliphatic heterocycles. The van der Waals surface area contributed by atoms with E-state index in [4.69, 9.17) is 5.73 Å². The molecule has 1 atom stereocenters. The molecule has 5 nitrogen and oxygen atoms in total. The fourth-order valence-electron chi connectivity index (χ4n) is 1.29. The Bertz CT molecular complexity index is 387. The summed E-state index contributed by atoms with van der Waals surface area (Å²) in [4.78, 5) is 13.6. The van der Waals surface area contributed by atoms with Crippen molar-refractivity contribution in [3.8, 4) is 0 Å². The van der Waals surface area contributed by atoms with Crippen LogP contribution in [0.4, 0.5) is 5.69 Å². The Morgan fingerprint density at radius 1 is 1.44 bits per heavy atom. The molecule has 2 N–H and O–H groups in total. The van der Waals surface area contributed by atoms with Crippen LogP contribution < -0.4 is 10.6 Å². The lowest BCUT2D eigenvalue weighted by atomic mass is 9.86. The molecule has 0 radical (unpaired) electrons. The van der Waals surface area contributed by atoms with Gasteiger partial charge in [-0.3, -0.25) is 9.48 Å². The van der Waals surface area contributed by atoms with Crippen molar-refractivity contribution < 1.29 is 4.79 Å². The number of aromatic nitrogens is 2. The Balaban J connectivity index is 0. The zero-order valence-corrected chi connectivity index (χ0v) is 13.0. The second-order valence-electron chi connectivity index (χ2n) is 5.11. The topological polar surface area (TPSA) is 64.2 Å². The summed E-state index contributed by atoms with van der Waals surface area (Å²) in [5.41, 5.74) is 6.44. The first-order valence-corrected chi connectivity index (χ1v) is 5.25. The molecule has 0 unspecified atom stereocenters. The average Bonchev–Trinajstić information content (AvgIpc) is 2.60. The molecule has 1 amide bonds. The quantitative estimate of drug-likeness (QED) is 0.902. The number of anilines is 1. The molecule has 1 heterocycles. The third-order valence-corrected chi connectivity index (χ3v) is 2.61. The van der Waals surface area contributed by atoms with Gasteiger partial charge in [0.05, 0.1) is 17.9 Å². The van der Waals surface area contributed by atoms with Gasteiger partial charge in [-0.1, -0.05) is 20.8 Å². The highest BCUT2D eigenvalue weighted by molar-refractivity contribution is 5.96. The van der Waals surface area contributed by atoms with Crippen LogP contribution in [0.2, 0.25) is 0 Å². The van der Waals surface area contributed by atoms with Gasteiger partial charge in [0.25, 0.3) is 0 Å². The van der Waals surface area contributed by atoms with E-state index < -0.39 is 6.04 Å². The average molecular weight is 297 g/mol. The smallest absolute Gasteiger partial charge is 0.244 e. The number of carbonyl (C=O) groups is 1. The van der Waals surface area contributed by atoms with Gasteiger partial charge in [0.1, 0.15) is 0 Å². The molecule has 7 heteroatoms. The first kappa shape index (κ1) is 19.6. The van der Waals surface area contributed by atoms with Crippen LogP contribution in [0.5, 0.6) is 0 Å². The van der Waals surface area contributed by atoms with E-state index in [1.807, 2.05) is 27.8 Å². The van der Waals surface area contributed by atoms with E-state index in [0.717, 1.165) is 5.69 Å². The molecule has 0 aliphatic carbocycles. The molecule has 1 rings (SSSR count). The molecule has 0 bridgehead atoms. The zero-order chi connectivity index (χ0) is 12.5. The van der Waals surface area contributed by atoms with Gasteiger partial charge < -0.3 is 10.6 Å². The van der Waals surface area contributed by atoms with E-state index in [9.17, 15) is 4.79 Å². The summed E-state index contributed by atoms with van der Waals surface area (Å²) < 4.78 is 1.65. The summed E-state index contributed by atoms with van der Waals surface area (Å²) in [5, 5.41) is 4.02. The van der Waals surface area contributed by atoms with Crippen LogP contribution in [0.3, 0.4) is 0 Å². The molecular formula is C11H22Cl2N4O. The van der Waals surface area contributed by atoms with Gasteiger partial charge in [-0.15, -0.1) is 24.8 Å². The van der Waals surface area contributed by atoms with Gasteiger partial charge in [-0.2, -0.15) is 5.10 Å². The maximum Gasteiger partial charge on any atom is 0.244 e. The SMILES string of the molecule is CN(C(=O)[C@@H](N)C(C)(C)C)c1cnn(C)c1.Cl.Cl. The van der Waals surface area contributed by atoms with Crippen molar-refractivity contribution in [2.45, 2.75) is 26.8 Å². The molecule has 0 spiro atoms. The van der Waals surface area contributed by atoms with E-state index in [0.29, 0.717) is 0 Å². The molecule has 106 valence electrons. The van der Waals surface area contributed by atoms with E-state index in [-0.39, 0.29) is 36.1 Å². The van der Waals surface area contributed by atoms with Crippen LogP contribution >= 0.6 is 24.8 Å². The second-order valence-corrected chi connectivity index (χ2v) is 5.11. The number of amides is 1. The van der Waals surface area contributed by atoms with Crippen molar-refractivity contribution in [1.82, 2.24) is 9.78 Å². The minimum absolute atomic E-state index is 0. The molecule has 1 aromatic rings. The third-order valence-electron chi connectivity index (χ3n) is 2.61. The van der Waals surface area contributed by atoms with E-state index >= 15 is 0 Å². The predicted octanol–water partition coefficient (Wildman–Crippen LogP) is 1.60. The lowest BCUT2D eigenvalue weighted by molar-refractivity contribution is -0.121. The van der Waals surface area contributed by atoms with Crippen molar-refractivity contribution >= 4 is 36.4 Å². The molecule has 0 aromatic carbocycles. The summed E-state index contributed by atoms with van der Waals surface area (Å²) in [6.07, 6.45) is 3.43. The molecular weight excluding hydrogens is 275 g/mol. The van der Waals surface area contributed by atoms with Crippen molar-refractivity contribution in [2.24, 2.45) is 18.2 Å². The third kappa shape index (κ3) is 4.48. The first-order valence-electron chi connectivity index (χ1n) is 5.25. The van der Waals surface area contributed by atoms with Gasteiger partial charge in [-0.05, 0) is 5.41 Å². The normalized spacial score (nSPS) is 12.1. The predicted molar refractivity (Wildman–Crippen MR) is 78.5 cm³/mol. The number of halogens is 2. The maximum atomic E-state index is 12.1. The molecule has 0 aliphatic rings. The summed E-state index contributed by atoms with van der Waals surface area (Å²) in [5.74, 6) is -0.0968. The van der Waals surface area contributed by atoms with E-state index in [2.05, 4.69) is 5.10 Å². The number of nitrogens with zero attached hydrogens (tertiary/aromatic N) is 3. The van der Waals surface area contributed by atoms with Crippen molar-refractivity contribution in [2.75, 3.05) is 11.9 Å². The molecule has 0 fully saturated rings. The summed E-state index contributed by atoms with van der Waals surface area (Å²) in [6, 6.07) is -0.516. The minimum Gasteiger partial charge on any atom is -0.319 e.